The lowest BCUT2D eigenvalue weighted by Gasteiger charge is -2.00. The third kappa shape index (κ3) is 1.77. The normalized spacial score (nSPS) is 10.1. The van der Waals surface area contributed by atoms with Gasteiger partial charge in [0.25, 0.3) is 0 Å². The molecule has 0 fully saturated rings. The molecule has 0 aliphatic heterocycles. The van der Waals surface area contributed by atoms with Gasteiger partial charge in [-0.15, -0.1) is 0 Å². The second-order valence-electron chi connectivity index (χ2n) is 2.58. The Morgan fingerprint density at radius 3 is 2.86 bits per heavy atom. The predicted molar refractivity (Wildman–Crippen MR) is 52.9 cm³/mol. The summed E-state index contributed by atoms with van der Waals surface area (Å²) in [7, 11) is 0. The standard InChI is InChI=1S/C9H5BrFN3/c10-9-3-8(13-5-14-9)6-1-2-12-4-7(6)11/h1-5H. The van der Waals surface area contributed by atoms with Crippen LogP contribution in [0.25, 0.3) is 11.3 Å². The number of hydrogen-bond donors (Lipinski definition) is 0. The maximum atomic E-state index is 13.3. The fourth-order valence-electron chi connectivity index (χ4n) is 1.06. The molecule has 2 rings (SSSR count). The van der Waals surface area contributed by atoms with E-state index in [4.69, 9.17) is 0 Å². The van der Waals surface area contributed by atoms with Crippen LogP contribution < -0.4 is 0 Å². The minimum Gasteiger partial charge on any atom is -0.262 e. The smallest absolute Gasteiger partial charge is 0.150 e. The molecule has 0 radical (unpaired) electrons. The third-order valence-corrected chi connectivity index (χ3v) is 2.12. The molecule has 0 bridgehead atoms. The van der Waals surface area contributed by atoms with E-state index >= 15 is 0 Å². The molecule has 0 spiro atoms. The zero-order valence-corrected chi connectivity index (χ0v) is 8.57. The van der Waals surface area contributed by atoms with Gasteiger partial charge in [0.2, 0.25) is 0 Å². The molecule has 0 saturated heterocycles. The van der Waals surface area contributed by atoms with Gasteiger partial charge in [-0.3, -0.25) is 4.98 Å². The second-order valence-corrected chi connectivity index (χ2v) is 3.39. The van der Waals surface area contributed by atoms with Crippen molar-refractivity contribution in [1.82, 2.24) is 15.0 Å². The van der Waals surface area contributed by atoms with Crippen molar-refractivity contribution in [2.24, 2.45) is 0 Å². The van der Waals surface area contributed by atoms with Crippen LogP contribution in [0.5, 0.6) is 0 Å². The van der Waals surface area contributed by atoms with E-state index in [1.165, 1.54) is 12.5 Å². The van der Waals surface area contributed by atoms with E-state index in [1.807, 2.05) is 0 Å². The molecule has 14 heavy (non-hydrogen) atoms. The van der Waals surface area contributed by atoms with E-state index in [0.29, 0.717) is 15.9 Å². The Morgan fingerprint density at radius 2 is 2.14 bits per heavy atom. The number of rotatable bonds is 1. The molecule has 2 aromatic rings. The Bertz CT molecular complexity index is 461. The quantitative estimate of drug-likeness (QED) is 0.733. The van der Waals surface area contributed by atoms with E-state index in [2.05, 4.69) is 30.9 Å². The average molecular weight is 254 g/mol. The largest absolute Gasteiger partial charge is 0.262 e. The van der Waals surface area contributed by atoms with Gasteiger partial charge in [-0.05, 0) is 28.1 Å². The van der Waals surface area contributed by atoms with Crippen molar-refractivity contribution < 1.29 is 4.39 Å². The van der Waals surface area contributed by atoms with Gasteiger partial charge in [-0.1, -0.05) is 0 Å². The number of aromatic nitrogens is 3. The fraction of sp³-hybridized carbons (Fsp3) is 0. The highest BCUT2D eigenvalue weighted by atomic mass is 79.9. The Labute approximate surface area is 88.2 Å². The molecule has 5 heteroatoms. The van der Waals surface area contributed by atoms with Crippen LogP contribution in [0.1, 0.15) is 0 Å². The third-order valence-electron chi connectivity index (χ3n) is 1.68. The second kappa shape index (κ2) is 3.79. The first-order valence-electron chi connectivity index (χ1n) is 3.85. The molecule has 0 unspecified atom stereocenters. The van der Waals surface area contributed by atoms with Gasteiger partial charge < -0.3 is 0 Å². The van der Waals surface area contributed by atoms with E-state index in [-0.39, 0.29) is 0 Å². The molecule has 0 aliphatic carbocycles. The first kappa shape index (κ1) is 9.21. The van der Waals surface area contributed by atoms with E-state index in [0.717, 1.165) is 6.20 Å². The van der Waals surface area contributed by atoms with Crippen LogP contribution in [-0.2, 0) is 0 Å². The van der Waals surface area contributed by atoms with Crippen molar-refractivity contribution in [3.63, 3.8) is 0 Å². The SMILES string of the molecule is Fc1cnccc1-c1cc(Br)ncn1. The van der Waals surface area contributed by atoms with Gasteiger partial charge >= 0.3 is 0 Å². The van der Waals surface area contributed by atoms with Gasteiger partial charge in [0.1, 0.15) is 10.9 Å². The lowest BCUT2D eigenvalue weighted by atomic mass is 10.2. The molecule has 0 N–H and O–H groups in total. The summed E-state index contributed by atoms with van der Waals surface area (Å²) in [6.07, 6.45) is 4.05. The molecule has 0 amide bonds. The molecule has 2 heterocycles. The van der Waals surface area contributed by atoms with Crippen molar-refractivity contribution >= 4 is 15.9 Å². The van der Waals surface area contributed by atoms with Gasteiger partial charge in [0.05, 0.1) is 11.9 Å². The molecule has 0 atom stereocenters. The highest BCUT2D eigenvalue weighted by Gasteiger charge is 2.05. The van der Waals surface area contributed by atoms with Crippen LogP contribution in [-0.4, -0.2) is 15.0 Å². The molecule has 0 saturated carbocycles. The zero-order valence-electron chi connectivity index (χ0n) is 6.98. The highest BCUT2D eigenvalue weighted by molar-refractivity contribution is 9.10. The topological polar surface area (TPSA) is 38.7 Å². The van der Waals surface area contributed by atoms with E-state index in [9.17, 15) is 4.39 Å². The predicted octanol–water partition coefficient (Wildman–Crippen LogP) is 2.44. The molecule has 3 nitrogen and oxygen atoms in total. The van der Waals surface area contributed by atoms with Gasteiger partial charge in [-0.2, -0.15) is 0 Å². The van der Waals surface area contributed by atoms with Crippen LogP contribution in [0.2, 0.25) is 0 Å². The van der Waals surface area contributed by atoms with E-state index in [1.54, 1.807) is 12.1 Å². The molecule has 0 aromatic carbocycles. The Kier molecular flexibility index (Phi) is 2.49. The summed E-state index contributed by atoms with van der Waals surface area (Å²) < 4.78 is 13.9. The maximum absolute atomic E-state index is 13.3. The van der Waals surface area contributed by atoms with Crippen LogP contribution in [0.3, 0.4) is 0 Å². The molecular formula is C9H5BrFN3. The lowest BCUT2D eigenvalue weighted by molar-refractivity contribution is 0.624. The summed E-state index contributed by atoms with van der Waals surface area (Å²) in [6, 6.07) is 3.22. The summed E-state index contributed by atoms with van der Waals surface area (Å²) in [4.78, 5) is 11.5. The first-order chi connectivity index (χ1) is 6.77. The number of nitrogens with zero attached hydrogens (tertiary/aromatic N) is 3. The number of pyridine rings is 1. The van der Waals surface area contributed by atoms with Crippen LogP contribution >= 0.6 is 15.9 Å². The summed E-state index contributed by atoms with van der Waals surface area (Å²) in [5.41, 5.74) is 0.954. The number of hydrogen-bond acceptors (Lipinski definition) is 3. The first-order valence-corrected chi connectivity index (χ1v) is 4.64. The minimum atomic E-state index is -0.391. The maximum Gasteiger partial charge on any atom is 0.150 e. The monoisotopic (exact) mass is 253 g/mol. The van der Waals surface area contributed by atoms with Gasteiger partial charge in [0.15, 0.2) is 5.82 Å². The van der Waals surface area contributed by atoms with Gasteiger partial charge in [0, 0.05) is 11.8 Å². The van der Waals surface area contributed by atoms with Crippen molar-refractivity contribution in [3.8, 4) is 11.3 Å². The molecular weight excluding hydrogens is 249 g/mol. The number of halogens is 2. The average Bonchev–Trinajstić information content (AvgIpc) is 2.18. The van der Waals surface area contributed by atoms with Crippen molar-refractivity contribution in [3.05, 3.63) is 41.3 Å². The van der Waals surface area contributed by atoms with Crippen LogP contribution in [0, 0.1) is 5.82 Å². The van der Waals surface area contributed by atoms with E-state index < -0.39 is 5.82 Å². The summed E-state index contributed by atoms with van der Waals surface area (Å²) in [5, 5.41) is 0. The fourth-order valence-corrected chi connectivity index (χ4v) is 1.37. The van der Waals surface area contributed by atoms with Crippen molar-refractivity contribution in [2.75, 3.05) is 0 Å². The Balaban J connectivity index is 2.55. The Hall–Kier alpha value is -1.36. The summed E-state index contributed by atoms with van der Waals surface area (Å²) in [5.74, 6) is -0.391. The minimum absolute atomic E-state index is 0.391. The molecule has 2 aromatic heterocycles. The molecule has 70 valence electrons. The van der Waals surface area contributed by atoms with Crippen LogP contribution in [0.4, 0.5) is 4.39 Å². The van der Waals surface area contributed by atoms with Crippen molar-refractivity contribution in [1.29, 1.82) is 0 Å². The van der Waals surface area contributed by atoms with Gasteiger partial charge in [-0.25, -0.2) is 14.4 Å². The Morgan fingerprint density at radius 1 is 1.29 bits per heavy atom. The summed E-state index contributed by atoms with van der Waals surface area (Å²) in [6.45, 7) is 0. The zero-order chi connectivity index (χ0) is 9.97. The van der Waals surface area contributed by atoms with Crippen molar-refractivity contribution in [2.45, 2.75) is 0 Å². The highest BCUT2D eigenvalue weighted by Crippen LogP contribution is 2.20. The lowest BCUT2D eigenvalue weighted by Crippen LogP contribution is -1.89. The van der Waals surface area contributed by atoms with Crippen LogP contribution in [0.15, 0.2) is 35.5 Å². The summed E-state index contributed by atoms with van der Waals surface area (Å²) >= 11 is 3.19. The molecule has 0 aliphatic rings.